The first kappa shape index (κ1) is 24.1. The lowest BCUT2D eigenvalue weighted by Gasteiger charge is -2.40. The molecule has 0 aliphatic carbocycles. The number of aryl methyl sites for hydroxylation is 1. The van der Waals surface area contributed by atoms with Gasteiger partial charge in [0.15, 0.2) is 5.82 Å². The summed E-state index contributed by atoms with van der Waals surface area (Å²) in [5, 5.41) is 0. The van der Waals surface area contributed by atoms with Crippen LogP contribution in [0.25, 0.3) is 22.2 Å². The van der Waals surface area contributed by atoms with Crippen LogP contribution in [0.5, 0.6) is 0 Å². The highest BCUT2D eigenvalue weighted by atomic mass is 19.1. The molecule has 7 nitrogen and oxygen atoms in total. The fourth-order valence-electron chi connectivity index (χ4n) is 5.97. The van der Waals surface area contributed by atoms with Crippen LogP contribution in [0.2, 0.25) is 0 Å². The van der Waals surface area contributed by atoms with Gasteiger partial charge in [-0.1, -0.05) is 0 Å². The Kier molecular flexibility index (Phi) is 6.00. The zero-order valence-electron chi connectivity index (χ0n) is 21.6. The Morgan fingerprint density at radius 1 is 0.973 bits per heavy atom. The molecule has 4 aromatic rings. The number of aromatic nitrogens is 5. The third kappa shape index (κ3) is 4.40. The summed E-state index contributed by atoms with van der Waals surface area (Å²) < 4.78 is 31.8. The molecule has 2 atom stereocenters. The first-order chi connectivity index (χ1) is 17.8. The van der Waals surface area contributed by atoms with Crippen LogP contribution in [0.3, 0.4) is 0 Å². The van der Waals surface area contributed by atoms with Crippen molar-refractivity contribution in [2.75, 3.05) is 26.7 Å². The molecule has 37 heavy (non-hydrogen) atoms. The summed E-state index contributed by atoms with van der Waals surface area (Å²) in [5.41, 5.74) is 3.40. The number of nitrogens with zero attached hydrogens (tertiary/aromatic N) is 7. The van der Waals surface area contributed by atoms with Crippen molar-refractivity contribution in [1.82, 2.24) is 34.3 Å². The molecule has 2 aliphatic heterocycles. The predicted molar refractivity (Wildman–Crippen MR) is 138 cm³/mol. The van der Waals surface area contributed by atoms with Crippen molar-refractivity contribution < 1.29 is 8.78 Å². The van der Waals surface area contributed by atoms with E-state index in [0.717, 1.165) is 36.9 Å². The SMILES string of the molecule is Cc1nc2c(F)cc(-c3cc(Cc4ncc(CN5C[C@@H]6CN(C)[C@@H]6C5)cn4)ncc3F)cc2n1C(C)C. The molecule has 0 spiro atoms. The van der Waals surface area contributed by atoms with Crippen LogP contribution in [0.15, 0.2) is 36.8 Å². The van der Waals surface area contributed by atoms with Gasteiger partial charge in [0, 0.05) is 73.4 Å². The first-order valence-corrected chi connectivity index (χ1v) is 12.8. The molecular formula is C28H31F2N7. The Labute approximate surface area is 215 Å². The fraction of sp³-hybridized carbons (Fsp3) is 0.429. The highest BCUT2D eigenvalue weighted by Crippen LogP contribution is 2.32. The second kappa shape index (κ2) is 9.22. The zero-order chi connectivity index (χ0) is 25.8. The number of hydrogen-bond acceptors (Lipinski definition) is 6. The number of benzene rings is 1. The van der Waals surface area contributed by atoms with Crippen LogP contribution < -0.4 is 0 Å². The number of imidazole rings is 1. The molecule has 2 saturated heterocycles. The van der Waals surface area contributed by atoms with Gasteiger partial charge in [-0.15, -0.1) is 0 Å². The molecule has 0 bridgehead atoms. The lowest BCUT2D eigenvalue weighted by Crippen LogP contribution is -2.52. The molecule has 0 amide bonds. The predicted octanol–water partition coefficient (Wildman–Crippen LogP) is 4.39. The Morgan fingerprint density at radius 2 is 1.76 bits per heavy atom. The van der Waals surface area contributed by atoms with Crippen molar-refractivity contribution in [3.05, 3.63) is 71.3 Å². The number of likely N-dealkylation sites (tertiary alicyclic amines) is 2. The molecule has 2 aliphatic rings. The van der Waals surface area contributed by atoms with Crippen molar-refractivity contribution in [2.24, 2.45) is 5.92 Å². The Hall–Kier alpha value is -3.30. The fourth-order valence-corrected chi connectivity index (χ4v) is 5.97. The number of pyridine rings is 1. The second-order valence-electron chi connectivity index (χ2n) is 10.7. The van der Waals surface area contributed by atoms with E-state index in [1.165, 1.54) is 18.8 Å². The van der Waals surface area contributed by atoms with Crippen molar-refractivity contribution in [1.29, 1.82) is 0 Å². The third-order valence-corrected chi connectivity index (χ3v) is 7.74. The Balaban J connectivity index is 1.22. The Morgan fingerprint density at radius 3 is 2.46 bits per heavy atom. The van der Waals surface area contributed by atoms with Gasteiger partial charge >= 0.3 is 0 Å². The highest BCUT2D eigenvalue weighted by Gasteiger charge is 2.43. The number of likely N-dealkylation sites (N-methyl/N-ethyl adjacent to an activating group) is 1. The molecule has 0 unspecified atom stereocenters. The molecule has 3 aromatic heterocycles. The highest BCUT2D eigenvalue weighted by molar-refractivity contribution is 5.83. The summed E-state index contributed by atoms with van der Waals surface area (Å²) in [5.74, 6) is 1.15. The van der Waals surface area contributed by atoms with Gasteiger partial charge in [-0.25, -0.2) is 23.7 Å². The van der Waals surface area contributed by atoms with Crippen LogP contribution in [0.4, 0.5) is 8.78 Å². The quantitative estimate of drug-likeness (QED) is 0.389. The van der Waals surface area contributed by atoms with Gasteiger partial charge < -0.3 is 9.47 Å². The average Bonchev–Trinajstić information content (AvgIpc) is 3.37. The number of hydrogen-bond donors (Lipinski definition) is 0. The van der Waals surface area contributed by atoms with Crippen molar-refractivity contribution in [2.45, 2.75) is 45.8 Å². The third-order valence-electron chi connectivity index (χ3n) is 7.74. The minimum Gasteiger partial charge on any atom is -0.326 e. The van der Waals surface area contributed by atoms with Crippen molar-refractivity contribution in [3.63, 3.8) is 0 Å². The van der Waals surface area contributed by atoms with E-state index in [-0.39, 0.29) is 6.04 Å². The van der Waals surface area contributed by atoms with Gasteiger partial charge in [0.25, 0.3) is 0 Å². The summed E-state index contributed by atoms with van der Waals surface area (Å²) in [6.45, 7) is 10.1. The van der Waals surface area contributed by atoms with Gasteiger partial charge in [0.05, 0.1) is 18.1 Å². The van der Waals surface area contributed by atoms with Gasteiger partial charge in [-0.2, -0.15) is 0 Å². The molecule has 5 heterocycles. The minimum atomic E-state index is -0.503. The maximum atomic E-state index is 15.0. The second-order valence-corrected chi connectivity index (χ2v) is 10.7. The van der Waals surface area contributed by atoms with Crippen LogP contribution in [0, 0.1) is 24.5 Å². The lowest BCUT2D eigenvalue weighted by atomic mass is 9.93. The van der Waals surface area contributed by atoms with Gasteiger partial charge in [-0.3, -0.25) is 9.88 Å². The summed E-state index contributed by atoms with van der Waals surface area (Å²) in [6, 6.07) is 5.58. The molecule has 6 rings (SSSR count). The molecule has 2 fully saturated rings. The summed E-state index contributed by atoms with van der Waals surface area (Å²) in [4.78, 5) is 22.6. The topological polar surface area (TPSA) is 63.0 Å². The van der Waals surface area contributed by atoms with Gasteiger partial charge in [-0.05, 0) is 51.6 Å². The van der Waals surface area contributed by atoms with Gasteiger partial charge in [0.1, 0.15) is 23.0 Å². The van der Waals surface area contributed by atoms with E-state index in [1.807, 2.05) is 37.7 Å². The largest absolute Gasteiger partial charge is 0.326 e. The molecule has 0 N–H and O–H groups in total. The smallest absolute Gasteiger partial charge is 0.151 e. The molecule has 192 valence electrons. The van der Waals surface area contributed by atoms with E-state index in [4.69, 9.17) is 0 Å². The zero-order valence-corrected chi connectivity index (χ0v) is 21.6. The molecule has 9 heteroatoms. The van der Waals surface area contributed by atoms with Crippen LogP contribution in [-0.2, 0) is 13.0 Å². The number of rotatable bonds is 6. The molecule has 0 radical (unpaired) electrons. The average molecular weight is 504 g/mol. The van der Waals surface area contributed by atoms with E-state index < -0.39 is 11.6 Å². The molecule has 0 saturated carbocycles. The minimum absolute atomic E-state index is 0.0968. The molecule has 1 aromatic carbocycles. The van der Waals surface area contributed by atoms with E-state index in [2.05, 4.69) is 36.8 Å². The maximum absolute atomic E-state index is 15.0. The lowest BCUT2D eigenvalue weighted by molar-refractivity contribution is 0.0825. The summed E-state index contributed by atoms with van der Waals surface area (Å²) in [7, 11) is 2.19. The van der Waals surface area contributed by atoms with Crippen LogP contribution in [0.1, 0.15) is 42.8 Å². The van der Waals surface area contributed by atoms with E-state index >= 15 is 0 Å². The Bertz CT molecular complexity index is 1460. The van der Waals surface area contributed by atoms with Crippen molar-refractivity contribution >= 4 is 11.0 Å². The number of fused-ring (bicyclic) bond motifs is 2. The normalized spacial score (nSPS) is 20.1. The first-order valence-electron chi connectivity index (χ1n) is 12.8. The maximum Gasteiger partial charge on any atom is 0.151 e. The van der Waals surface area contributed by atoms with Crippen LogP contribution in [-0.4, -0.2) is 67.0 Å². The van der Waals surface area contributed by atoms with E-state index in [0.29, 0.717) is 46.1 Å². The van der Waals surface area contributed by atoms with E-state index in [1.54, 1.807) is 12.1 Å². The van der Waals surface area contributed by atoms with E-state index in [9.17, 15) is 8.78 Å². The summed E-state index contributed by atoms with van der Waals surface area (Å²) in [6.07, 6.45) is 5.29. The number of halogens is 2. The molecular weight excluding hydrogens is 472 g/mol. The standard InChI is InChI=1S/C28H31F2N7/c1-16(2)37-17(3)34-28-23(29)5-19(6-25(28)37)22-7-21(31-11-24(22)30)8-27-32-9-18(10-33-27)12-36-14-20-13-35(4)26(20)15-36/h5-7,9-11,16,20,26H,8,12-15H2,1-4H3/t20-,26+/m0/s1. The van der Waals surface area contributed by atoms with Crippen LogP contribution >= 0.6 is 0 Å². The van der Waals surface area contributed by atoms with Gasteiger partial charge in [0.2, 0.25) is 0 Å². The monoisotopic (exact) mass is 503 g/mol. The van der Waals surface area contributed by atoms with Crippen molar-refractivity contribution in [3.8, 4) is 11.1 Å². The summed E-state index contributed by atoms with van der Waals surface area (Å²) >= 11 is 0.